The van der Waals surface area contributed by atoms with Crippen LogP contribution in [0.5, 0.6) is 0 Å². The van der Waals surface area contributed by atoms with Gasteiger partial charge < -0.3 is 0 Å². The van der Waals surface area contributed by atoms with Crippen molar-refractivity contribution in [2.45, 2.75) is 49.9 Å². The fraction of sp³-hybridized carbons (Fsp3) is 0.438. The summed E-state index contributed by atoms with van der Waals surface area (Å²) in [7, 11) is 0. The fourth-order valence-corrected chi connectivity index (χ4v) is 3.83. The third-order valence-corrected chi connectivity index (χ3v) is 5.09. The zero-order chi connectivity index (χ0) is 14.8. The molecule has 1 atom stereocenters. The third kappa shape index (κ3) is 3.02. The van der Waals surface area contributed by atoms with Crippen molar-refractivity contribution in [1.29, 1.82) is 0 Å². The molecule has 5 heteroatoms. The van der Waals surface area contributed by atoms with Crippen molar-refractivity contribution in [3.63, 3.8) is 0 Å². The molecule has 110 valence electrons. The van der Waals surface area contributed by atoms with Crippen molar-refractivity contribution in [3.8, 4) is 5.69 Å². The molecule has 0 spiro atoms. The molecule has 0 radical (unpaired) electrons. The van der Waals surface area contributed by atoms with E-state index >= 15 is 0 Å². The van der Waals surface area contributed by atoms with Crippen molar-refractivity contribution < 1.29 is 4.79 Å². The Labute approximate surface area is 129 Å². The second-order valence-electron chi connectivity index (χ2n) is 5.52. The standard InChI is InChI=1S/C16H19N3OS/c1-11-7-9-13(10-8-11)19-12(2)17-18-16(19)21-15-6-4-3-5-14(15)20/h7-10,15H,3-6H2,1-2H3. The molecule has 0 saturated heterocycles. The maximum absolute atomic E-state index is 12.0. The van der Waals surface area contributed by atoms with Gasteiger partial charge in [0.25, 0.3) is 0 Å². The molecule has 1 aromatic carbocycles. The molecule has 1 aliphatic carbocycles. The van der Waals surface area contributed by atoms with Gasteiger partial charge in [0.15, 0.2) is 5.16 Å². The van der Waals surface area contributed by atoms with Crippen molar-refractivity contribution in [2.75, 3.05) is 0 Å². The van der Waals surface area contributed by atoms with Gasteiger partial charge in [0.05, 0.1) is 5.25 Å². The molecule has 0 aliphatic heterocycles. The summed E-state index contributed by atoms with van der Waals surface area (Å²) in [6.07, 6.45) is 3.80. The minimum Gasteiger partial charge on any atom is -0.298 e. The molecule has 1 heterocycles. The number of hydrogen-bond acceptors (Lipinski definition) is 4. The maximum Gasteiger partial charge on any atom is 0.196 e. The van der Waals surface area contributed by atoms with E-state index in [1.165, 1.54) is 5.56 Å². The van der Waals surface area contributed by atoms with E-state index in [-0.39, 0.29) is 5.25 Å². The van der Waals surface area contributed by atoms with Crippen LogP contribution in [0.1, 0.15) is 37.1 Å². The van der Waals surface area contributed by atoms with Gasteiger partial charge in [0, 0.05) is 12.1 Å². The maximum atomic E-state index is 12.0. The van der Waals surface area contributed by atoms with Gasteiger partial charge in [0.2, 0.25) is 0 Å². The van der Waals surface area contributed by atoms with E-state index in [2.05, 4.69) is 41.4 Å². The Balaban J connectivity index is 1.89. The van der Waals surface area contributed by atoms with Gasteiger partial charge in [-0.15, -0.1) is 10.2 Å². The van der Waals surface area contributed by atoms with Crippen LogP contribution in [0.3, 0.4) is 0 Å². The Bertz CT molecular complexity index is 648. The van der Waals surface area contributed by atoms with E-state index in [0.717, 1.165) is 35.9 Å². The molecule has 21 heavy (non-hydrogen) atoms. The Morgan fingerprint density at radius 1 is 1.14 bits per heavy atom. The number of hydrogen-bond donors (Lipinski definition) is 0. The predicted octanol–water partition coefficient (Wildman–Crippen LogP) is 3.49. The van der Waals surface area contributed by atoms with Gasteiger partial charge in [-0.1, -0.05) is 35.9 Å². The van der Waals surface area contributed by atoms with E-state index in [0.29, 0.717) is 12.2 Å². The van der Waals surface area contributed by atoms with Crippen LogP contribution in [0.15, 0.2) is 29.4 Å². The molecular weight excluding hydrogens is 282 g/mol. The number of aryl methyl sites for hydroxylation is 2. The topological polar surface area (TPSA) is 47.8 Å². The molecular formula is C16H19N3OS. The van der Waals surface area contributed by atoms with Gasteiger partial charge in [-0.2, -0.15) is 0 Å². The quantitative estimate of drug-likeness (QED) is 0.870. The number of benzene rings is 1. The van der Waals surface area contributed by atoms with Crippen LogP contribution in [0, 0.1) is 13.8 Å². The van der Waals surface area contributed by atoms with Crippen LogP contribution < -0.4 is 0 Å². The summed E-state index contributed by atoms with van der Waals surface area (Å²) in [5.74, 6) is 1.20. The zero-order valence-electron chi connectivity index (χ0n) is 12.4. The summed E-state index contributed by atoms with van der Waals surface area (Å²) in [6, 6.07) is 8.29. The molecule has 1 aliphatic rings. The van der Waals surface area contributed by atoms with Gasteiger partial charge >= 0.3 is 0 Å². The van der Waals surface area contributed by atoms with Crippen LogP contribution in [-0.2, 0) is 4.79 Å². The van der Waals surface area contributed by atoms with Crippen LogP contribution in [0.4, 0.5) is 0 Å². The first-order valence-corrected chi connectivity index (χ1v) is 8.21. The SMILES string of the molecule is Cc1ccc(-n2c(C)nnc2SC2CCCCC2=O)cc1. The number of nitrogens with zero attached hydrogens (tertiary/aromatic N) is 3. The predicted molar refractivity (Wildman–Crippen MR) is 84.0 cm³/mol. The number of ketones is 1. The lowest BCUT2D eigenvalue weighted by Crippen LogP contribution is -2.21. The Morgan fingerprint density at radius 3 is 2.62 bits per heavy atom. The first kappa shape index (κ1) is 14.3. The normalized spacial score (nSPS) is 19.0. The number of carbonyl (C=O) groups excluding carboxylic acids is 1. The zero-order valence-corrected chi connectivity index (χ0v) is 13.2. The van der Waals surface area contributed by atoms with Crippen molar-refractivity contribution in [3.05, 3.63) is 35.7 Å². The van der Waals surface area contributed by atoms with E-state index in [4.69, 9.17) is 0 Å². The Kier molecular flexibility index (Phi) is 4.10. The fourth-order valence-electron chi connectivity index (χ4n) is 2.61. The van der Waals surface area contributed by atoms with Crippen LogP contribution in [0.2, 0.25) is 0 Å². The van der Waals surface area contributed by atoms with Crippen LogP contribution >= 0.6 is 11.8 Å². The molecule has 3 rings (SSSR count). The highest BCUT2D eigenvalue weighted by Gasteiger charge is 2.26. The summed E-state index contributed by atoms with van der Waals surface area (Å²) in [4.78, 5) is 12.0. The Morgan fingerprint density at radius 2 is 1.90 bits per heavy atom. The molecule has 1 saturated carbocycles. The summed E-state index contributed by atoms with van der Waals surface area (Å²) < 4.78 is 2.03. The van der Waals surface area contributed by atoms with E-state index in [1.807, 2.05) is 11.5 Å². The smallest absolute Gasteiger partial charge is 0.196 e. The van der Waals surface area contributed by atoms with Gasteiger partial charge in [0.1, 0.15) is 11.6 Å². The molecule has 0 N–H and O–H groups in total. The first-order valence-electron chi connectivity index (χ1n) is 7.33. The highest BCUT2D eigenvalue weighted by atomic mass is 32.2. The van der Waals surface area contributed by atoms with E-state index in [9.17, 15) is 4.79 Å². The van der Waals surface area contributed by atoms with Gasteiger partial charge in [-0.3, -0.25) is 9.36 Å². The number of carbonyl (C=O) groups is 1. The lowest BCUT2D eigenvalue weighted by atomic mass is 9.99. The summed E-state index contributed by atoms with van der Waals surface area (Å²) in [5.41, 5.74) is 2.27. The molecule has 1 aromatic heterocycles. The summed E-state index contributed by atoms with van der Waals surface area (Å²) >= 11 is 1.56. The van der Waals surface area contributed by atoms with Gasteiger partial charge in [-0.05, 0) is 38.8 Å². The number of aromatic nitrogens is 3. The second kappa shape index (κ2) is 6.02. The van der Waals surface area contributed by atoms with Crippen molar-refractivity contribution >= 4 is 17.5 Å². The Hall–Kier alpha value is -1.62. The highest BCUT2D eigenvalue weighted by molar-refractivity contribution is 8.00. The minimum absolute atomic E-state index is 0.0338. The van der Waals surface area contributed by atoms with Gasteiger partial charge in [-0.25, -0.2) is 0 Å². The lowest BCUT2D eigenvalue weighted by Gasteiger charge is -2.19. The first-order chi connectivity index (χ1) is 10.1. The molecule has 1 fully saturated rings. The molecule has 1 unspecified atom stereocenters. The van der Waals surface area contributed by atoms with Crippen LogP contribution in [0.25, 0.3) is 5.69 Å². The summed E-state index contributed by atoms with van der Waals surface area (Å²) in [6.45, 7) is 4.01. The molecule has 2 aromatic rings. The number of thioether (sulfide) groups is 1. The highest BCUT2D eigenvalue weighted by Crippen LogP contribution is 2.32. The third-order valence-electron chi connectivity index (χ3n) is 3.83. The second-order valence-corrected chi connectivity index (χ2v) is 6.69. The van der Waals surface area contributed by atoms with Crippen LogP contribution in [-0.4, -0.2) is 25.8 Å². The van der Waals surface area contributed by atoms with Crippen molar-refractivity contribution in [2.24, 2.45) is 0 Å². The molecule has 0 bridgehead atoms. The van der Waals surface area contributed by atoms with E-state index < -0.39 is 0 Å². The number of rotatable bonds is 3. The number of Topliss-reactive ketones (excluding diaryl/α,β-unsaturated/α-hetero) is 1. The lowest BCUT2D eigenvalue weighted by molar-refractivity contribution is -0.119. The monoisotopic (exact) mass is 301 g/mol. The molecule has 0 amide bonds. The largest absolute Gasteiger partial charge is 0.298 e. The molecule has 4 nitrogen and oxygen atoms in total. The average Bonchev–Trinajstić information content (AvgIpc) is 2.83. The van der Waals surface area contributed by atoms with Crippen molar-refractivity contribution in [1.82, 2.24) is 14.8 Å². The van der Waals surface area contributed by atoms with E-state index in [1.54, 1.807) is 11.8 Å². The minimum atomic E-state index is 0.0338. The summed E-state index contributed by atoms with van der Waals surface area (Å²) in [5, 5.41) is 9.30. The average molecular weight is 301 g/mol.